The fourth-order valence-corrected chi connectivity index (χ4v) is 2.53. The number of amides is 1. The van der Waals surface area contributed by atoms with Crippen molar-refractivity contribution in [3.8, 4) is 0 Å². The van der Waals surface area contributed by atoms with Gasteiger partial charge in [-0.2, -0.15) is 0 Å². The average Bonchev–Trinajstić information content (AvgIpc) is 2.93. The molecule has 0 unspecified atom stereocenters. The third kappa shape index (κ3) is 2.68. The SMILES string of the molecule is Cc1ccc(C(=O)N[C@H](C)c2cccc3ccccc23)o1. The Morgan fingerprint density at radius 2 is 1.81 bits per heavy atom. The van der Waals surface area contributed by atoms with Crippen molar-refractivity contribution in [2.75, 3.05) is 0 Å². The van der Waals surface area contributed by atoms with Gasteiger partial charge in [0.15, 0.2) is 5.76 Å². The molecule has 2 aromatic carbocycles. The minimum atomic E-state index is -0.191. The van der Waals surface area contributed by atoms with Crippen molar-refractivity contribution in [2.24, 2.45) is 0 Å². The van der Waals surface area contributed by atoms with Crippen LogP contribution in [0.3, 0.4) is 0 Å². The molecule has 1 amide bonds. The summed E-state index contributed by atoms with van der Waals surface area (Å²) in [6.07, 6.45) is 0. The highest BCUT2D eigenvalue weighted by atomic mass is 16.3. The average molecular weight is 279 g/mol. The van der Waals surface area contributed by atoms with E-state index in [0.29, 0.717) is 5.76 Å². The number of hydrogen-bond donors (Lipinski definition) is 1. The topological polar surface area (TPSA) is 42.2 Å². The van der Waals surface area contributed by atoms with Crippen LogP contribution in [0.5, 0.6) is 0 Å². The minimum Gasteiger partial charge on any atom is -0.456 e. The Morgan fingerprint density at radius 3 is 2.57 bits per heavy atom. The fourth-order valence-electron chi connectivity index (χ4n) is 2.53. The van der Waals surface area contributed by atoms with Crippen molar-refractivity contribution >= 4 is 16.7 Å². The predicted octanol–water partition coefficient (Wildman–Crippen LogP) is 4.23. The van der Waals surface area contributed by atoms with Crippen molar-refractivity contribution in [1.29, 1.82) is 0 Å². The maximum Gasteiger partial charge on any atom is 0.287 e. The zero-order valence-electron chi connectivity index (χ0n) is 12.1. The molecule has 1 heterocycles. The Bertz CT molecular complexity index is 783. The van der Waals surface area contributed by atoms with Crippen LogP contribution in [0.2, 0.25) is 0 Å². The molecule has 21 heavy (non-hydrogen) atoms. The summed E-state index contributed by atoms with van der Waals surface area (Å²) in [6, 6.07) is 17.7. The molecular weight excluding hydrogens is 262 g/mol. The Morgan fingerprint density at radius 1 is 1.05 bits per heavy atom. The first-order chi connectivity index (χ1) is 10.1. The summed E-state index contributed by atoms with van der Waals surface area (Å²) in [4.78, 5) is 12.2. The predicted molar refractivity (Wildman–Crippen MR) is 83.3 cm³/mol. The van der Waals surface area contributed by atoms with Gasteiger partial charge in [-0.1, -0.05) is 42.5 Å². The van der Waals surface area contributed by atoms with Gasteiger partial charge in [0.25, 0.3) is 5.91 Å². The molecule has 0 saturated heterocycles. The van der Waals surface area contributed by atoms with Gasteiger partial charge < -0.3 is 9.73 Å². The molecule has 106 valence electrons. The summed E-state index contributed by atoms with van der Waals surface area (Å²) < 4.78 is 5.36. The van der Waals surface area contributed by atoms with Gasteiger partial charge in [0.1, 0.15) is 5.76 Å². The zero-order chi connectivity index (χ0) is 14.8. The number of nitrogens with one attached hydrogen (secondary N) is 1. The van der Waals surface area contributed by atoms with E-state index in [1.807, 2.05) is 38.1 Å². The van der Waals surface area contributed by atoms with Gasteiger partial charge in [0.05, 0.1) is 6.04 Å². The van der Waals surface area contributed by atoms with Crippen LogP contribution in [-0.2, 0) is 0 Å². The summed E-state index contributed by atoms with van der Waals surface area (Å²) in [5, 5.41) is 5.31. The molecule has 0 saturated carbocycles. The first-order valence-electron chi connectivity index (χ1n) is 7.00. The lowest BCUT2D eigenvalue weighted by atomic mass is 9.99. The van der Waals surface area contributed by atoms with Crippen LogP contribution in [0.15, 0.2) is 59.0 Å². The van der Waals surface area contributed by atoms with Gasteiger partial charge in [-0.05, 0) is 42.3 Å². The Kier molecular flexibility index (Phi) is 3.48. The molecule has 1 N–H and O–H groups in total. The quantitative estimate of drug-likeness (QED) is 0.779. The number of carbonyl (C=O) groups is 1. The second-order valence-electron chi connectivity index (χ2n) is 5.17. The van der Waals surface area contributed by atoms with E-state index in [0.717, 1.165) is 16.7 Å². The normalized spacial score (nSPS) is 12.3. The Balaban J connectivity index is 1.87. The highest BCUT2D eigenvalue weighted by molar-refractivity contribution is 5.92. The fraction of sp³-hybridized carbons (Fsp3) is 0.167. The summed E-state index contributed by atoms with van der Waals surface area (Å²) in [5.74, 6) is 0.890. The van der Waals surface area contributed by atoms with E-state index in [9.17, 15) is 4.79 Å². The van der Waals surface area contributed by atoms with E-state index >= 15 is 0 Å². The molecule has 0 spiro atoms. The molecule has 3 aromatic rings. The van der Waals surface area contributed by atoms with E-state index < -0.39 is 0 Å². The van der Waals surface area contributed by atoms with E-state index in [4.69, 9.17) is 4.42 Å². The number of hydrogen-bond acceptors (Lipinski definition) is 2. The minimum absolute atomic E-state index is 0.0889. The highest BCUT2D eigenvalue weighted by Gasteiger charge is 2.15. The number of aryl methyl sites for hydroxylation is 1. The lowest BCUT2D eigenvalue weighted by Crippen LogP contribution is -2.26. The molecule has 0 aliphatic carbocycles. The largest absolute Gasteiger partial charge is 0.456 e. The van der Waals surface area contributed by atoms with E-state index in [1.165, 1.54) is 5.39 Å². The van der Waals surface area contributed by atoms with E-state index in [-0.39, 0.29) is 11.9 Å². The second-order valence-corrected chi connectivity index (χ2v) is 5.17. The molecular formula is C18H17NO2. The van der Waals surface area contributed by atoms with Crippen molar-refractivity contribution in [1.82, 2.24) is 5.32 Å². The highest BCUT2D eigenvalue weighted by Crippen LogP contribution is 2.24. The number of fused-ring (bicyclic) bond motifs is 1. The Labute approximate surface area is 123 Å². The van der Waals surface area contributed by atoms with Gasteiger partial charge in [0.2, 0.25) is 0 Å². The maximum absolute atomic E-state index is 12.2. The number of carbonyl (C=O) groups excluding carboxylic acids is 1. The van der Waals surface area contributed by atoms with Crippen molar-refractivity contribution < 1.29 is 9.21 Å². The molecule has 0 aliphatic rings. The zero-order valence-corrected chi connectivity index (χ0v) is 12.1. The van der Waals surface area contributed by atoms with Gasteiger partial charge in [-0.25, -0.2) is 0 Å². The summed E-state index contributed by atoms with van der Waals surface area (Å²) >= 11 is 0. The maximum atomic E-state index is 12.2. The van der Waals surface area contributed by atoms with Gasteiger partial charge in [-0.3, -0.25) is 4.79 Å². The van der Waals surface area contributed by atoms with Gasteiger partial charge in [0, 0.05) is 0 Å². The van der Waals surface area contributed by atoms with Crippen molar-refractivity contribution in [3.05, 3.63) is 71.7 Å². The van der Waals surface area contributed by atoms with E-state index in [2.05, 4.69) is 23.5 Å². The lowest BCUT2D eigenvalue weighted by Gasteiger charge is -2.16. The standard InChI is InChI=1S/C18H17NO2/c1-12-10-11-17(21-12)18(20)19-13(2)15-9-5-7-14-6-3-4-8-16(14)15/h3-11,13H,1-2H3,(H,19,20)/t13-/m1/s1. The van der Waals surface area contributed by atoms with Crippen LogP contribution >= 0.6 is 0 Å². The van der Waals surface area contributed by atoms with E-state index in [1.54, 1.807) is 12.1 Å². The molecule has 0 bridgehead atoms. The molecule has 0 aliphatic heterocycles. The van der Waals surface area contributed by atoms with Crippen LogP contribution in [0.4, 0.5) is 0 Å². The second kappa shape index (κ2) is 5.44. The third-order valence-electron chi connectivity index (χ3n) is 3.60. The molecule has 3 heteroatoms. The van der Waals surface area contributed by atoms with Crippen LogP contribution in [0.25, 0.3) is 10.8 Å². The first-order valence-corrected chi connectivity index (χ1v) is 7.00. The molecule has 3 nitrogen and oxygen atoms in total. The van der Waals surface area contributed by atoms with Gasteiger partial charge in [-0.15, -0.1) is 0 Å². The monoisotopic (exact) mass is 279 g/mol. The molecule has 0 fully saturated rings. The third-order valence-corrected chi connectivity index (χ3v) is 3.60. The van der Waals surface area contributed by atoms with Crippen LogP contribution in [0.1, 0.15) is 34.8 Å². The summed E-state index contributed by atoms with van der Waals surface area (Å²) in [7, 11) is 0. The number of furan rings is 1. The lowest BCUT2D eigenvalue weighted by molar-refractivity contribution is 0.0911. The number of benzene rings is 2. The Hall–Kier alpha value is -2.55. The van der Waals surface area contributed by atoms with Crippen LogP contribution in [-0.4, -0.2) is 5.91 Å². The smallest absolute Gasteiger partial charge is 0.287 e. The van der Waals surface area contributed by atoms with Crippen molar-refractivity contribution in [2.45, 2.75) is 19.9 Å². The number of rotatable bonds is 3. The van der Waals surface area contributed by atoms with Crippen LogP contribution in [0, 0.1) is 6.92 Å². The molecule has 3 rings (SSSR count). The molecule has 1 atom stereocenters. The summed E-state index contributed by atoms with van der Waals surface area (Å²) in [6.45, 7) is 3.81. The van der Waals surface area contributed by atoms with Gasteiger partial charge >= 0.3 is 0 Å². The summed E-state index contributed by atoms with van der Waals surface area (Å²) in [5.41, 5.74) is 1.10. The molecule has 1 aromatic heterocycles. The first kappa shape index (κ1) is 13.4. The molecule has 0 radical (unpaired) electrons. The van der Waals surface area contributed by atoms with Crippen LogP contribution < -0.4 is 5.32 Å². The van der Waals surface area contributed by atoms with Crippen molar-refractivity contribution in [3.63, 3.8) is 0 Å².